The molecule has 126 valence electrons. The summed E-state index contributed by atoms with van der Waals surface area (Å²) in [5.74, 6) is 0. The van der Waals surface area contributed by atoms with Crippen molar-refractivity contribution in [1.29, 1.82) is 0 Å². The van der Waals surface area contributed by atoms with Crippen molar-refractivity contribution >= 4 is 54.7 Å². The summed E-state index contributed by atoms with van der Waals surface area (Å²) >= 11 is 10.1. The van der Waals surface area contributed by atoms with Crippen LogP contribution in [-0.2, 0) is 0 Å². The van der Waals surface area contributed by atoms with Gasteiger partial charge in [-0.15, -0.1) is 0 Å². The molecule has 0 bridgehead atoms. The Morgan fingerprint density at radius 1 is 0.955 bits per heavy atom. The van der Waals surface area contributed by atoms with Crippen LogP contribution in [0.1, 0.15) is 40.0 Å². The van der Waals surface area contributed by atoms with Crippen molar-refractivity contribution in [3.05, 3.63) is 22.8 Å². The third-order valence-electron chi connectivity index (χ3n) is 3.14. The highest BCUT2D eigenvalue weighted by Gasteiger charge is 2.05. The molecule has 1 aliphatic rings. The first-order valence-corrected chi connectivity index (χ1v) is 10.2. The summed E-state index contributed by atoms with van der Waals surface area (Å²) in [5, 5.41) is 0. The van der Waals surface area contributed by atoms with Crippen molar-refractivity contribution in [1.82, 2.24) is 9.80 Å². The molecular weight excluding hydrogens is 348 g/mol. The maximum Gasteiger partial charge on any atom is 0.146 e. The van der Waals surface area contributed by atoms with Gasteiger partial charge in [0.25, 0.3) is 0 Å². The topological polar surface area (TPSA) is 6.48 Å². The van der Waals surface area contributed by atoms with Crippen LogP contribution < -0.4 is 0 Å². The molecule has 0 aromatic heterocycles. The highest BCUT2D eigenvalue weighted by Crippen LogP contribution is 2.26. The third-order valence-corrected chi connectivity index (χ3v) is 7.30. The van der Waals surface area contributed by atoms with E-state index in [1.807, 2.05) is 38.0 Å². The lowest BCUT2D eigenvalue weighted by atomic mass is 9.93. The zero-order valence-electron chi connectivity index (χ0n) is 14.7. The second-order valence-corrected chi connectivity index (χ2v) is 9.24. The molecule has 0 fully saturated rings. The minimum Gasteiger partial charge on any atom is -0.363 e. The first-order valence-electron chi connectivity index (χ1n) is 7.23. The number of allylic oxidation sites excluding steroid dienone is 4. The standard InChI is InChI=1S/C10H16.C6H12N2S4/c1-8(2)10-6-4-9(3)5-7-10;1-7(2)5(9)11-12-6(10)8(3)4/h4H,5-7H2,1-3H3;1-4H3. The summed E-state index contributed by atoms with van der Waals surface area (Å²) in [6.07, 6.45) is 6.13. The lowest BCUT2D eigenvalue weighted by Crippen LogP contribution is -2.18. The lowest BCUT2D eigenvalue weighted by Gasteiger charge is -2.15. The lowest BCUT2D eigenvalue weighted by molar-refractivity contribution is 0.647. The molecule has 0 unspecified atom stereocenters. The first-order chi connectivity index (χ1) is 10.1. The van der Waals surface area contributed by atoms with Gasteiger partial charge in [-0.2, -0.15) is 0 Å². The Bertz CT molecular complexity index is 427. The largest absolute Gasteiger partial charge is 0.363 e. The molecule has 0 radical (unpaired) electrons. The molecule has 0 aliphatic heterocycles. The normalized spacial score (nSPS) is 13.6. The Morgan fingerprint density at radius 3 is 1.68 bits per heavy atom. The minimum absolute atomic E-state index is 0.837. The van der Waals surface area contributed by atoms with Crippen molar-refractivity contribution in [3.8, 4) is 0 Å². The van der Waals surface area contributed by atoms with E-state index in [-0.39, 0.29) is 0 Å². The molecule has 6 heteroatoms. The number of thiocarbonyl (C=S) groups is 2. The predicted octanol–water partition coefficient (Wildman–Crippen LogP) is 5.51. The van der Waals surface area contributed by atoms with Gasteiger partial charge in [-0.25, -0.2) is 0 Å². The maximum absolute atomic E-state index is 5.07. The second-order valence-electron chi connectivity index (χ2n) is 5.85. The van der Waals surface area contributed by atoms with Gasteiger partial charge in [0.15, 0.2) is 0 Å². The molecule has 1 aliphatic carbocycles. The van der Waals surface area contributed by atoms with Crippen LogP contribution in [0.3, 0.4) is 0 Å². The fourth-order valence-electron chi connectivity index (χ4n) is 1.52. The highest BCUT2D eigenvalue weighted by molar-refractivity contribution is 8.89. The number of hydrogen-bond acceptors (Lipinski definition) is 4. The van der Waals surface area contributed by atoms with E-state index in [2.05, 4.69) is 26.8 Å². The van der Waals surface area contributed by atoms with E-state index in [1.165, 1.54) is 46.4 Å². The van der Waals surface area contributed by atoms with Gasteiger partial charge in [0.05, 0.1) is 0 Å². The minimum atomic E-state index is 0.837. The van der Waals surface area contributed by atoms with Crippen molar-refractivity contribution < 1.29 is 0 Å². The van der Waals surface area contributed by atoms with E-state index in [9.17, 15) is 0 Å². The maximum atomic E-state index is 5.07. The van der Waals surface area contributed by atoms with Crippen LogP contribution in [0.4, 0.5) is 0 Å². The molecule has 0 saturated heterocycles. The predicted molar refractivity (Wildman–Crippen MR) is 114 cm³/mol. The highest BCUT2D eigenvalue weighted by atomic mass is 33.1. The monoisotopic (exact) mass is 376 g/mol. The van der Waals surface area contributed by atoms with Crippen molar-refractivity contribution in [2.45, 2.75) is 40.0 Å². The second kappa shape index (κ2) is 11.5. The Morgan fingerprint density at radius 2 is 1.41 bits per heavy atom. The van der Waals surface area contributed by atoms with Crippen molar-refractivity contribution in [2.75, 3.05) is 28.2 Å². The fraction of sp³-hybridized carbons (Fsp3) is 0.625. The van der Waals surface area contributed by atoms with Gasteiger partial charge >= 0.3 is 0 Å². The van der Waals surface area contributed by atoms with E-state index in [0.717, 1.165) is 8.64 Å². The third kappa shape index (κ3) is 9.87. The summed E-state index contributed by atoms with van der Waals surface area (Å²) in [5.41, 5.74) is 4.72. The molecule has 0 N–H and O–H groups in total. The quantitative estimate of drug-likeness (QED) is 0.310. The molecule has 22 heavy (non-hydrogen) atoms. The number of hydrogen-bond donors (Lipinski definition) is 0. The fourth-order valence-corrected chi connectivity index (χ4v) is 3.90. The Kier molecular flexibility index (Phi) is 11.5. The van der Waals surface area contributed by atoms with Crippen LogP contribution in [0, 0.1) is 0 Å². The van der Waals surface area contributed by atoms with Gasteiger partial charge < -0.3 is 9.80 Å². The Hall–Kier alpha value is -0.0400. The van der Waals surface area contributed by atoms with Gasteiger partial charge in [0, 0.05) is 28.2 Å². The van der Waals surface area contributed by atoms with E-state index < -0.39 is 0 Å². The summed E-state index contributed by atoms with van der Waals surface area (Å²) in [6.45, 7) is 6.65. The van der Waals surface area contributed by atoms with E-state index in [0.29, 0.717) is 0 Å². The summed E-state index contributed by atoms with van der Waals surface area (Å²) in [7, 11) is 10.7. The Labute approximate surface area is 155 Å². The molecule has 0 saturated carbocycles. The molecule has 0 heterocycles. The zero-order chi connectivity index (χ0) is 17.3. The zero-order valence-corrected chi connectivity index (χ0v) is 18.0. The molecule has 0 aromatic carbocycles. The van der Waals surface area contributed by atoms with Crippen LogP contribution in [0.25, 0.3) is 0 Å². The van der Waals surface area contributed by atoms with Gasteiger partial charge in [0.1, 0.15) is 8.64 Å². The van der Waals surface area contributed by atoms with Gasteiger partial charge in [0.2, 0.25) is 0 Å². The first kappa shape index (κ1) is 22.0. The number of nitrogens with zero attached hydrogens (tertiary/aromatic N) is 2. The molecule has 0 atom stereocenters. The smallest absolute Gasteiger partial charge is 0.146 e. The van der Waals surface area contributed by atoms with Crippen LogP contribution in [0.2, 0.25) is 0 Å². The average molecular weight is 377 g/mol. The molecule has 2 nitrogen and oxygen atoms in total. The van der Waals surface area contributed by atoms with Gasteiger partial charge in [-0.3, -0.25) is 0 Å². The van der Waals surface area contributed by atoms with Crippen LogP contribution in [-0.4, -0.2) is 46.6 Å². The summed E-state index contributed by atoms with van der Waals surface area (Å²) in [6, 6.07) is 0. The molecule has 0 aromatic rings. The van der Waals surface area contributed by atoms with Gasteiger partial charge in [-0.1, -0.05) is 47.2 Å². The van der Waals surface area contributed by atoms with Crippen molar-refractivity contribution in [2.24, 2.45) is 0 Å². The Balaban J connectivity index is 0.000000406. The summed E-state index contributed by atoms with van der Waals surface area (Å²) < 4.78 is 1.67. The molecule has 1 rings (SSSR count). The van der Waals surface area contributed by atoms with Crippen LogP contribution >= 0.6 is 46.0 Å². The van der Waals surface area contributed by atoms with Crippen LogP contribution in [0.15, 0.2) is 22.8 Å². The molecule has 0 amide bonds. The van der Waals surface area contributed by atoms with Gasteiger partial charge in [-0.05, 0) is 61.6 Å². The van der Waals surface area contributed by atoms with Crippen molar-refractivity contribution in [3.63, 3.8) is 0 Å². The molecule has 0 spiro atoms. The summed E-state index contributed by atoms with van der Waals surface area (Å²) in [4.78, 5) is 3.79. The number of rotatable bonds is 0. The van der Waals surface area contributed by atoms with E-state index in [1.54, 1.807) is 11.1 Å². The van der Waals surface area contributed by atoms with E-state index >= 15 is 0 Å². The molecular formula is C16H28N2S4. The van der Waals surface area contributed by atoms with Crippen LogP contribution in [0.5, 0.6) is 0 Å². The van der Waals surface area contributed by atoms with E-state index in [4.69, 9.17) is 24.4 Å². The SMILES string of the molecule is CC1=CCC(=C(C)C)CC1.CN(C)C(=S)SSC(=S)N(C)C. The average Bonchev–Trinajstić information content (AvgIpc) is 2.45.